The molecule has 0 radical (unpaired) electrons. The van der Waals surface area contributed by atoms with Crippen molar-refractivity contribution in [3.8, 4) is 0 Å². The average Bonchev–Trinajstić information content (AvgIpc) is 2.23. The fraction of sp³-hybridized carbons (Fsp3) is 0.571. The van der Waals surface area contributed by atoms with E-state index in [4.69, 9.17) is 32.3 Å². The van der Waals surface area contributed by atoms with E-state index in [0.717, 1.165) is 0 Å². The number of halogens is 1. The van der Waals surface area contributed by atoms with E-state index in [2.05, 4.69) is 15.2 Å². The molecule has 0 aliphatic heterocycles. The number of nitrogens with zero attached hydrogens (tertiary/aromatic N) is 3. The normalized spacial score (nSPS) is 12.7. The van der Waals surface area contributed by atoms with Gasteiger partial charge in [-0.15, -0.1) is 10.2 Å². The Kier molecular flexibility index (Phi) is 4.63. The molecule has 0 fully saturated rings. The van der Waals surface area contributed by atoms with Crippen molar-refractivity contribution in [3.63, 3.8) is 0 Å². The predicted octanol–water partition coefficient (Wildman–Crippen LogP) is -1.02. The highest BCUT2D eigenvalue weighted by molar-refractivity contribution is 6.31. The maximum Gasteiger partial charge on any atom is 0.193 e. The summed E-state index contributed by atoms with van der Waals surface area (Å²) in [6, 6.07) is 0. The van der Waals surface area contributed by atoms with Crippen LogP contribution >= 0.6 is 11.6 Å². The zero-order valence-corrected chi connectivity index (χ0v) is 8.55. The van der Waals surface area contributed by atoms with Crippen LogP contribution in [0.2, 0.25) is 5.15 Å². The van der Waals surface area contributed by atoms with E-state index in [1.165, 1.54) is 0 Å². The quantitative estimate of drug-likeness (QED) is 0.597. The molecule has 0 spiro atoms. The Morgan fingerprint density at radius 3 is 2.80 bits per heavy atom. The lowest BCUT2D eigenvalue weighted by Crippen LogP contribution is -2.19. The smallest absolute Gasteiger partial charge is 0.193 e. The third-order valence-electron chi connectivity index (χ3n) is 1.47. The minimum atomic E-state index is -0.914. The van der Waals surface area contributed by atoms with Gasteiger partial charge in [-0.2, -0.15) is 0 Å². The summed E-state index contributed by atoms with van der Waals surface area (Å²) < 4.78 is 4.99. The molecule has 1 rings (SSSR count). The van der Waals surface area contributed by atoms with Crippen LogP contribution in [-0.4, -0.2) is 44.7 Å². The number of aliphatic hydroxyl groups is 2. The summed E-state index contributed by atoms with van der Waals surface area (Å²) in [5, 5.41) is 24.6. The van der Waals surface area contributed by atoms with Crippen LogP contribution in [0.4, 0.5) is 5.82 Å². The molecule has 1 atom stereocenters. The summed E-state index contributed by atoms with van der Waals surface area (Å²) >= 11 is 5.51. The number of aliphatic hydroxyl groups excluding tert-OH is 2. The molecule has 1 aromatic rings. The second-order valence-corrected chi connectivity index (χ2v) is 3.11. The van der Waals surface area contributed by atoms with Crippen LogP contribution in [0.25, 0.3) is 0 Å². The summed E-state index contributed by atoms with van der Waals surface area (Å²) in [5.74, 6) is 0.343. The minimum absolute atomic E-state index is 0.0115. The number of nitrogens with two attached hydrogens (primary N) is 1. The van der Waals surface area contributed by atoms with Gasteiger partial charge >= 0.3 is 0 Å². The molecule has 0 amide bonds. The fourth-order valence-electron chi connectivity index (χ4n) is 0.760. The largest absolute Gasteiger partial charge is 0.394 e. The summed E-state index contributed by atoms with van der Waals surface area (Å²) in [4.78, 5) is 3.80. The maximum atomic E-state index is 8.96. The molecule has 15 heavy (non-hydrogen) atoms. The highest BCUT2D eigenvalue weighted by Crippen LogP contribution is 2.10. The van der Waals surface area contributed by atoms with Gasteiger partial charge < -0.3 is 20.7 Å². The summed E-state index contributed by atoms with van der Waals surface area (Å²) in [6.07, 6.45) is -0.914. The van der Waals surface area contributed by atoms with E-state index >= 15 is 0 Å². The second-order valence-electron chi connectivity index (χ2n) is 2.76. The fourth-order valence-corrected chi connectivity index (χ4v) is 0.841. The average molecular weight is 235 g/mol. The maximum absolute atomic E-state index is 8.96. The van der Waals surface area contributed by atoms with Crippen molar-refractivity contribution in [1.29, 1.82) is 0 Å². The summed E-state index contributed by atoms with van der Waals surface area (Å²) in [6.45, 7) is -0.324. The van der Waals surface area contributed by atoms with Crippen molar-refractivity contribution in [2.45, 2.75) is 12.7 Å². The summed E-state index contributed by atoms with van der Waals surface area (Å²) in [7, 11) is 0. The lowest BCUT2D eigenvalue weighted by molar-refractivity contribution is -0.00192. The Hall–Kier alpha value is -1.02. The molecule has 7 nitrogen and oxygen atoms in total. The van der Waals surface area contributed by atoms with Crippen molar-refractivity contribution < 1.29 is 14.9 Å². The second kappa shape index (κ2) is 5.76. The lowest BCUT2D eigenvalue weighted by atomic mass is 10.4. The van der Waals surface area contributed by atoms with Crippen molar-refractivity contribution in [3.05, 3.63) is 11.0 Å². The van der Waals surface area contributed by atoms with E-state index in [-0.39, 0.29) is 36.6 Å². The van der Waals surface area contributed by atoms with Gasteiger partial charge in [0.25, 0.3) is 0 Å². The third-order valence-corrected chi connectivity index (χ3v) is 1.74. The number of aromatic nitrogens is 3. The first-order valence-corrected chi connectivity index (χ1v) is 4.52. The monoisotopic (exact) mass is 234 g/mol. The van der Waals surface area contributed by atoms with Crippen LogP contribution in [0, 0.1) is 0 Å². The Labute approximate surface area is 90.9 Å². The molecule has 0 aliphatic carbocycles. The topological polar surface area (TPSA) is 114 Å². The first-order valence-electron chi connectivity index (χ1n) is 4.14. The number of ether oxygens (including phenoxy) is 1. The Morgan fingerprint density at radius 2 is 2.20 bits per heavy atom. The molecule has 0 aromatic carbocycles. The highest BCUT2D eigenvalue weighted by atomic mass is 35.5. The number of hydrogen-bond acceptors (Lipinski definition) is 7. The molecule has 1 unspecified atom stereocenters. The zero-order valence-electron chi connectivity index (χ0n) is 7.80. The molecule has 1 heterocycles. The van der Waals surface area contributed by atoms with E-state index < -0.39 is 6.10 Å². The van der Waals surface area contributed by atoms with Crippen LogP contribution in [0.5, 0.6) is 0 Å². The molecule has 0 bridgehead atoms. The third kappa shape index (κ3) is 3.92. The van der Waals surface area contributed by atoms with Gasteiger partial charge in [0.15, 0.2) is 16.8 Å². The first kappa shape index (κ1) is 12.1. The van der Waals surface area contributed by atoms with E-state index in [0.29, 0.717) is 0 Å². The van der Waals surface area contributed by atoms with E-state index in [1.807, 2.05) is 0 Å². The van der Waals surface area contributed by atoms with E-state index in [9.17, 15) is 0 Å². The van der Waals surface area contributed by atoms with Gasteiger partial charge in [0.1, 0.15) is 12.7 Å². The molecular weight excluding hydrogens is 224 g/mol. The van der Waals surface area contributed by atoms with Crippen molar-refractivity contribution in [1.82, 2.24) is 15.2 Å². The Bertz CT molecular complexity index is 325. The van der Waals surface area contributed by atoms with E-state index in [1.54, 1.807) is 0 Å². The number of nitrogen functional groups attached to an aromatic ring is 1. The number of hydrogen-bond donors (Lipinski definition) is 3. The molecule has 84 valence electrons. The van der Waals surface area contributed by atoms with Gasteiger partial charge in [-0.05, 0) is 0 Å². The Balaban J connectivity index is 2.41. The van der Waals surface area contributed by atoms with Crippen molar-refractivity contribution in [2.75, 3.05) is 18.9 Å². The van der Waals surface area contributed by atoms with Crippen LogP contribution in [0.1, 0.15) is 5.82 Å². The molecule has 1 aromatic heterocycles. The Morgan fingerprint density at radius 1 is 1.47 bits per heavy atom. The van der Waals surface area contributed by atoms with Gasteiger partial charge in [0, 0.05) is 0 Å². The first-order chi connectivity index (χ1) is 7.13. The van der Waals surface area contributed by atoms with Crippen molar-refractivity contribution >= 4 is 17.4 Å². The SMILES string of the molecule is Nc1nc(COCC(O)CO)nnc1Cl. The number of rotatable bonds is 5. The minimum Gasteiger partial charge on any atom is -0.394 e. The standard InChI is InChI=1S/C7H11ClN4O3/c8-6-7(9)10-5(11-12-6)3-15-2-4(14)1-13/h4,13-14H,1-3H2,(H2,9,10,11). The zero-order chi connectivity index (χ0) is 11.3. The van der Waals surface area contributed by atoms with Crippen LogP contribution in [-0.2, 0) is 11.3 Å². The van der Waals surface area contributed by atoms with Gasteiger partial charge in [-0.25, -0.2) is 4.98 Å². The van der Waals surface area contributed by atoms with Gasteiger partial charge in [0.05, 0.1) is 13.2 Å². The van der Waals surface area contributed by atoms with Gasteiger partial charge in [-0.1, -0.05) is 11.6 Å². The predicted molar refractivity (Wildman–Crippen MR) is 52.0 cm³/mol. The van der Waals surface area contributed by atoms with Crippen LogP contribution in [0.3, 0.4) is 0 Å². The lowest BCUT2D eigenvalue weighted by Gasteiger charge is -2.07. The molecule has 0 saturated heterocycles. The number of anilines is 1. The molecule has 8 heteroatoms. The molecule has 4 N–H and O–H groups in total. The van der Waals surface area contributed by atoms with Crippen LogP contribution < -0.4 is 5.73 Å². The van der Waals surface area contributed by atoms with Gasteiger partial charge in [0.2, 0.25) is 0 Å². The van der Waals surface area contributed by atoms with Crippen molar-refractivity contribution in [2.24, 2.45) is 0 Å². The molecule has 0 saturated carbocycles. The molecule has 0 aliphatic rings. The summed E-state index contributed by atoms with van der Waals surface area (Å²) in [5.41, 5.74) is 5.39. The van der Waals surface area contributed by atoms with Gasteiger partial charge in [-0.3, -0.25) is 0 Å². The van der Waals surface area contributed by atoms with Crippen LogP contribution in [0.15, 0.2) is 0 Å². The molecular formula is C7H11ClN4O3. The highest BCUT2D eigenvalue weighted by Gasteiger charge is 2.06.